The Morgan fingerprint density at radius 2 is 1.62 bits per heavy atom. The van der Waals surface area contributed by atoms with Crippen LogP contribution >= 0.6 is 0 Å². The van der Waals surface area contributed by atoms with Gasteiger partial charge in [0.05, 0.1) is 18.6 Å². The van der Waals surface area contributed by atoms with Gasteiger partial charge in [-0.25, -0.2) is 0 Å². The zero-order valence-electron chi connectivity index (χ0n) is 10.2. The van der Waals surface area contributed by atoms with Crippen LogP contribution in [-0.2, 0) is 4.79 Å². The molecule has 0 aromatic heterocycles. The fourth-order valence-corrected chi connectivity index (χ4v) is 1.84. The van der Waals surface area contributed by atoms with Crippen molar-refractivity contribution < 1.29 is 20.1 Å². The molecule has 0 aromatic carbocycles. The molecule has 0 amide bonds. The Balaban J connectivity index is 3.72. The third kappa shape index (κ3) is 7.65. The molecule has 0 heterocycles. The van der Waals surface area contributed by atoms with Gasteiger partial charge in [-0.15, -0.1) is 0 Å². The summed E-state index contributed by atoms with van der Waals surface area (Å²) in [6.45, 7) is 4.25. The number of aliphatic hydroxyl groups excluding tert-OH is 2. The van der Waals surface area contributed by atoms with Crippen LogP contribution in [0.1, 0.15) is 52.4 Å². The summed E-state index contributed by atoms with van der Waals surface area (Å²) in [7, 11) is 0. The number of hydrogen-bond donors (Lipinski definition) is 3. The van der Waals surface area contributed by atoms with Crippen molar-refractivity contribution >= 4 is 5.97 Å². The smallest absolute Gasteiger partial charge is 0.305 e. The van der Waals surface area contributed by atoms with Gasteiger partial charge in [0.2, 0.25) is 0 Å². The molecular formula is C12H24O4. The van der Waals surface area contributed by atoms with Gasteiger partial charge in [0.25, 0.3) is 0 Å². The molecule has 0 spiro atoms. The molecule has 0 aliphatic carbocycles. The summed E-state index contributed by atoms with van der Waals surface area (Å²) >= 11 is 0. The molecule has 0 aliphatic heterocycles. The molecule has 2 atom stereocenters. The third-order valence-electron chi connectivity index (χ3n) is 3.02. The predicted octanol–water partition coefficient (Wildman–Crippen LogP) is 1.79. The van der Waals surface area contributed by atoms with Crippen LogP contribution in [-0.4, -0.2) is 33.5 Å². The summed E-state index contributed by atoms with van der Waals surface area (Å²) in [6, 6.07) is 0. The molecule has 16 heavy (non-hydrogen) atoms. The van der Waals surface area contributed by atoms with Crippen LogP contribution < -0.4 is 0 Å². The second-order valence-corrected chi connectivity index (χ2v) is 4.40. The fourth-order valence-electron chi connectivity index (χ4n) is 1.84. The van der Waals surface area contributed by atoms with Gasteiger partial charge < -0.3 is 15.3 Å². The van der Waals surface area contributed by atoms with Crippen molar-refractivity contribution in [3.63, 3.8) is 0 Å². The van der Waals surface area contributed by atoms with E-state index in [9.17, 15) is 15.0 Å². The lowest BCUT2D eigenvalue weighted by atomic mass is 9.94. The van der Waals surface area contributed by atoms with E-state index in [1.54, 1.807) is 0 Å². The second kappa shape index (κ2) is 8.53. The Bertz CT molecular complexity index is 189. The normalized spacial score (nSPS) is 15.1. The third-order valence-corrected chi connectivity index (χ3v) is 3.02. The lowest BCUT2D eigenvalue weighted by Crippen LogP contribution is -2.21. The van der Waals surface area contributed by atoms with E-state index in [0.29, 0.717) is 12.3 Å². The SMILES string of the molecule is CCC(CC)CCC(O)C[C@@H](O)CC(=O)O. The standard InChI is InChI=1S/C12H24O4/c1-3-9(4-2)5-6-10(13)7-11(14)8-12(15)16/h9-11,13-14H,3-8H2,1-2H3,(H,15,16)/t10?,11-/m1/s1. The zero-order valence-corrected chi connectivity index (χ0v) is 10.2. The Morgan fingerprint density at radius 1 is 1.06 bits per heavy atom. The van der Waals surface area contributed by atoms with E-state index >= 15 is 0 Å². The summed E-state index contributed by atoms with van der Waals surface area (Å²) in [6.07, 6.45) is 2.12. The van der Waals surface area contributed by atoms with Crippen molar-refractivity contribution in [1.29, 1.82) is 0 Å². The van der Waals surface area contributed by atoms with E-state index in [0.717, 1.165) is 19.3 Å². The highest BCUT2D eigenvalue weighted by Crippen LogP contribution is 2.18. The van der Waals surface area contributed by atoms with Crippen molar-refractivity contribution in [2.24, 2.45) is 5.92 Å². The molecule has 0 rings (SSSR count). The Morgan fingerprint density at radius 3 is 2.06 bits per heavy atom. The highest BCUT2D eigenvalue weighted by atomic mass is 16.4. The van der Waals surface area contributed by atoms with E-state index in [1.165, 1.54) is 0 Å². The van der Waals surface area contributed by atoms with Crippen LogP contribution in [0.2, 0.25) is 0 Å². The van der Waals surface area contributed by atoms with Crippen LogP contribution in [0.3, 0.4) is 0 Å². The number of carboxylic acid groups (broad SMARTS) is 1. The summed E-state index contributed by atoms with van der Waals surface area (Å²) in [4.78, 5) is 10.3. The molecule has 1 unspecified atom stereocenters. The molecule has 4 heteroatoms. The molecule has 4 nitrogen and oxygen atoms in total. The lowest BCUT2D eigenvalue weighted by molar-refractivity contribution is -0.139. The van der Waals surface area contributed by atoms with Gasteiger partial charge in [-0.2, -0.15) is 0 Å². The molecule has 0 saturated heterocycles. The number of aliphatic hydroxyl groups is 2. The fraction of sp³-hybridized carbons (Fsp3) is 0.917. The van der Waals surface area contributed by atoms with Crippen LogP contribution in [0, 0.1) is 5.92 Å². The zero-order chi connectivity index (χ0) is 12.6. The molecule has 0 aliphatic rings. The summed E-state index contributed by atoms with van der Waals surface area (Å²) in [5.41, 5.74) is 0. The van der Waals surface area contributed by atoms with Crippen molar-refractivity contribution in [3.05, 3.63) is 0 Å². The first kappa shape index (κ1) is 15.4. The maximum Gasteiger partial charge on any atom is 0.305 e. The maximum atomic E-state index is 10.3. The van der Waals surface area contributed by atoms with Gasteiger partial charge in [0.1, 0.15) is 0 Å². The number of rotatable bonds is 9. The van der Waals surface area contributed by atoms with Crippen LogP contribution in [0.4, 0.5) is 0 Å². The highest BCUT2D eigenvalue weighted by molar-refractivity contribution is 5.67. The summed E-state index contributed by atoms with van der Waals surface area (Å²) < 4.78 is 0. The summed E-state index contributed by atoms with van der Waals surface area (Å²) in [5, 5.41) is 27.4. The minimum atomic E-state index is -1.03. The number of carboxylic acids is 1. The molecular weight excluding hydrogens is 208 g/mol. The summed E-state index contributed by atoms with van der Waals surface area (Å²) in [5.74, 6) is -0.411. The van der Waals surface area contributed by atoms with Crippen LogP contribution in [0.15, 0.2) is 0 Å². The topological polar surface area (TPSA) is 77.8 Å². The van der Waals surface area contributed by atoms with Gasteiger partial charge in [0, 0.05) is 0 Å². The predicted molar refractivity (Wildman–Crippen MR) is 62.2 cm³/mol. The molecule has 0 radical (unpaired) electrons. The number of carbonyl (C=O) groups is 1. The first-order chi connectivity index (χ1) is 7.49. The first-order valence-electron chi connectivity index (χ1n) is 6.07. The van der Waals surface area contributed by atoms with Crippen molar-refractivity contribution in [1.82, 2.24) is 0 Å². The lowest BCUT2D eigenvalue weighted by Gasteiger charge is -2.17. The molecule has 0 bridgehead atoms. The van der Waals surface area contributed by atoms with Crippen molar-refractivity contribution in [2.75, 3.05) is 0 Å². The van der Waals surface area contributed by atoms with Gasteiger partial charge in [-0.3, -0.25) is 4.79 Å². The average molecular weight is 232 g/mol. The van der Waals surface area contributed by atoms with Gasteiger partial charge in [-0.1, -0.05) is 26.7 Å². The second-order valence-electron chi connectivity index (χ2n) is 4.40. The molecule has 0 fully saturated rings. The molecule has 3 N–H and O–H groups in total. The minimum Gasteiger partial charge on any atom is -0.481 e. The van der Waals surface area contributed by atoms with Gasteiger partial charge in [-0.05, 0) is 25.2 Å². The van der Waals surface area contributed by atoms with Crippen LogP contribution in [0.25, 0.3) is 0 Å². The average Bonchev–Trinajstić information content (AvgIpc) is 2.17. The van der Waals surface area contributed by atoms with Gasteiger partial charge in [0.15, 0.2) is 0 Å². The van der Waals surface area contributed by atoms with Crippen LogP contribution in [0.5, 0.6) is 0 Å². The molecule has 0 saturated carbocycles. The Labute approximate surface area is 97.3 Å². The number of aliphatic carboxylic acids is 1. The van der Waals surface area contributed by atoms with Gasteiger partial charge >= 0.3 is 5.97 Å². The minimum absolute atomic E-state index is 0.159. The molecule has 0 aromatic rings. The Hall–Kier alpha value is -0.610. The van der Waals surface area contributed by atoms with Crippen molar-refractivity contribution in [2.45, 2.75) is 64.6 Å². The highest BCUT2D eigenvalue weighted by Gasteiger charge is 2.16. The van der Waals surface area contributed by atoms with E-state index in [-0.39, 0.29) is 12.8 Å². The molecule has 96 valence electrons. The number of hydrogen-bond acceptors (Lipinski definition) is 3. The van der Waals surface area contributed by atoms with E-state index in [1.807, 2.05) is 0 Å². The Kier molecular flexibility index (Phi) is 8.21. The monoisotopic (exact) mass is 232 g/mol. The van der Waals surface area contributed by atoms with Crippen molar-refractivity contribution in [3.8, 4) is 0 Å². The maximum absolute atomic E-state index is 10.3. The van der Waals surface area contributed by atoms with E-state index in [2.05, 4.69) is 13.8 Å². The quantitative estimate of drug-likeness (QED) is 0.566. The first-order valence-corrected chi connectivity index (χ1v) is 6.07. The largest absolute Gasteiger partial charge is 0.481 e. The van der Waals surface area contributed by atoms with E-state index < -0.39 is 18.2 Å². The van der Waals surface area contributed by atoms with E-state index in [4.69, 9.17) is 5.11 Å².